The molecule has 26 heavy (non-hydrogen) atoms. The van der Waals surface area contributed by atoms with E-state index in [9.17, 15) is 9.59 Å². The molecular weight excluding hydrogens is 332 g/mol. The van der Waals surface area contributed by atoms with Crippen molar-refractivity contribution in [1.29, 1.82) is 0 Å². The molecule has 0 aliphatic rings. The van der Waals surface area contributed by atoms with Gasteiger partial charge < -0.3 is 20.8 Å². The summed E-state index contributed by atoms with van der Waals surface area (Å²) in [5.74, 6) is -1.63. The van der Waals surface area contributed by atoms with Crippen LogP contribution in [-0.2, 0) is 22.4 Å². The SMILES string of the molecule is CN[C@@H](Cc1ccccc1)C(=O)O.CN[C@@H](Cc1ccccc1)C(=O)O. The monoisotopic (exact) mass is 358 g/mol. The maximum absolute atomic E-state index is 10.7. The normalized spacial score (nSPS) is 12.4. The van der Waals surface area contributed by atoms with Gasteiger partial charge in [0, 0.05) is 0 Å². The number of carbonyl (C=O) groups is 2. The van der Waals surface area contributed by atoms with Gasteiger partial charge >= 0.3 is 11.9 Å². The number of hydrogen-bond acceptors (Lipinski definition) is 4. The van der Waals surface area contributed by atoms with Gasteiger partial charge in [0.2, 0.25) is 0 Å². The number of likely N-dealkylation sites (N-methyl/N-ethyl adjacent to an activating group) is 2. The van der Waals surface area contributed by atoms with E-state index in [1.54, 1.807) is 14.1 Å². The molecule has 0 bridgehead atoms. The topological polar surface area (TPSA) is 98.7 Å². The average molecular weight is 358 g/mol. The molecule has 4 N–H and O–H groups in total. The molecule has 0 saturated carbocycles. The quantitative estimate of drug-likeness (QED) is 0.574. The second-order valence-electron chi connectivity index (χ2n) is 5.74. The summed E-state index contributed by atoms with van der Waals surface area (Å²) in [6.45, 7) is 0. The predicted octanol–water partition coefficient (Wildman–Crippen LogP) is 1.80. The molecule has 0 amide bonds. The van der Waals surface area contributed by atoms with E-state index in [1.165, 1.54) is 0 Å². The number of rotatable bonds is 8. The van der Waals surface area contributed by atoms with E-state index in [4.69, 9.17) is 10.2 Å². The molecule has 2 aromatic rings. The Hall–Kier alpha value is -2.70. The van der Waals surface area contributed by atoms with Crippen LogP contribution in [0.15, 0.2) is 60.7 Å². The van der Waals surface area contributed by atoms with E-state index >= 15 is 0 Å². The van der Waals surface area contributed by atoms with Gasteiger partial charge in [-0.1, -0.05) is 60.7 Å². The minimum Gasteiger partial charge on any atom is -0.480 e. The molecule has 2 rings (SSSR count). The molecule has 6 heteroatoms. The first-order valence-corrected chi connectivity index (χ1v) is 8.36. The summed E-state index contributed by atoms with van der Waals surface area (Å²) in [5, 5.41) is 23.0. The van der Waals surface area contributed by atoms with Crippen LogP contribution in [0, 0.1) is 0 Å². The Balaban J connectivity index is 0.000000260. The standard InChI is InChI=1S/2C10H13NO2/c2*1-11-9(10(12)13)7-8-5-3-2-4-6-8/h2*2-6,9,11H,7H2,1H3,(H,12,13)/t2*9-/m00/s1. The lowest BCUT2D eigenvalue weighted by Gasteiger charge is -2.10. The minimum absolute atomic E-state index is 0.498. The number of benzene rings is 2. The summed E-state index contributed by atoms with van der Waals surface area (Å²) < 4.78 is 0. The summed E-state index contributed by atoms with van der Waals surface area (Å²) in [6.07, 6.45) is 1.04. The molecule has 0 aliphatic carbocycles. The lowest BCUT2D eigenvalue weighted by Crippen LogP contribution is -2.35. The molecule has 0 heterocycles. The Bertz CT molecular complexity index is 603. The van der Waals surface area contributed by atoms with Crippen molar-refractivity contribution in [2.24, 2.45) is 0 Å². The van der Waals surface area contributed by atoms with Crippen molar-refractivity contribution in [2.45, 2.75) is 24.9 Å². The summed E-state index contributed by atoms with van der Waals surface area (Å²) in [5.41, 5.74) is 2.06. The minimum atomic E-state index is -0.814. The Kier molecular flexibility index (Phi) is 9.67. The van der Waals surface area contributed by atoms with Gasteiger partial charge in [0.05, 0.1) is 0 Å². The predicted molar refractivity (Wildman–Crippen MR) is 101 cm³/mol. The summed E-state index contributed by atoms with van der Waals surface area (Å²) in [6, 6.07) is 18.2. The third kappa shape index (κ3) is 7.92. The smallest absolute Gasteiger partial charge is 0.321 e. The zero-order valence-electron chi connectivity index (χ0n) is 15.1. The fourth-order valence-corrected chi connectivity index (χ4v) is 2.33. The number of aliphatic carboxylic acids is 2. The molecule has 2 atom stereocenters. The number of carboxylic acids is 2. The third-order valence-electron chi connectivity index (χ3n) is 3.86. The first-order valence-electron chi connectivity index (χ1n) is 8.36. The highest BCUT2D eigenvalue weighted by atomic mass is 16.4. The summed E-state index contributed by atoms with van der Waals surface area (Å²) >= 11 is 0. The summed E-state index contributed by atoms with van der Waals surface area (Å²) in [7, 11) is 3.31. The van der Waals surface area contributed by atoms with Crippen LogP contribution < -0.4 is 10.6 Å². The maximum atomic E-state index is 10.7. The largest absolute Gasteiger partial charge is 0.480 e. The van der Waals surface area contributed by atoms with Crippen LogP contribution in [0.5, 0.6) is 0 Å². The van der Waals surface area contributed by atoms with Gasteiger partial charge in [-0.25, -0.2) is 0 Å². The Morgan fingerprint density at radius 2 is 1.04 bits per heavy atom. The van der Waals surface area contributed by atoms with Crippen molar-refractivity contribution in [1.82, 2.24) is 10.6 Å². The second kappa shape index (κ2) is 11.8. The first kappa shape index (κ1) is 21.3. The molecule has 0 spiro atoms. The van der Waals surface area contributed by atoms with E-state index in [0.717, 1.165) is 11.1 Å². The molecule has 0 saturated heterocycles. The number of hydrogen-bond donors (Lipinski definition) is 4. The van der Waals surface area contributed by atoms with Gasteiger partial charge in [0.1, 0.15) is 12.1 Å². The second-order valence-corrected chi connectivity index (χ2v) is 5.74. The molecular formula is C20H26N2O4. The van der Waals surface area contributed by atoms with Crippen molar-refractivity contribution < 1.29 is 19.8 Å². The van der Waals surface area contributed by atoms with Crippen LogP contribution in [0.4, 0.5) is 0 Å². The highest BCUT2D eigenvalue weighted by molar-refractivity contribution is 5.74. The fourth-order valence-electron chi connectivity index (χ4n) is 2.33. The summed E-state index contributed by atoms with van der Waals surface area (Å²) in [4.78, 5) is 21.3. The van der Waals surface area contributed by atoms with Gasteiger partial charge in [0.15, 0.2) is 0 Å². The average Bonchev–Trinajstić information content (AvgIpc) is 2.66. The zero-order valence-corrected chi connectivity index (χ0v) is 15.1. The van der Waals surface area contributed by atoms with Crippen LogP contribution in [0.3, 0.4) is 0 Å². The van der Waals surface area contributed by atoms with E-state index in [-0.39, 0.29) is 0 Å². The van der Waals surface area contributed by atoms with Crippen LogP contribution in [0.2, 0.25) is 0 Å². The van der Waals surface area contributed by atoms with Crippen LogP contribution in [0.1, 0.15) is 11.1 Å². The van der Waals surface area contributed by atoms with Gasteiger partial charge in [-0.2, -0.15) is 0 Å². The Morgan fingerprint density at radius 3 is 1.27 bits per heavy atom. The molecule has 0 unspecified atom stereocenters. The van der Waals surface area contributed by atoms with Crippen molar-refractivity contribution in [2.75, 3.05) is 14.1 Å². The number of carboxylic acid groups (broad SMARTS) is 2. The molecule has 2 aromatic carbocycles. The van der Waals surface area contributed by atoms with Crippen molar-refractivity contribution in [3.05, 3.63) is 71.8 Å². The zero-order chi connectivity index (χ0) is 19.4. The van der Waals surface area contributed by atoms with E-state index in [2.05, 4.69) is 10.6 Å². The van der Waals surface area contributed by atoms with Crippen LogP contribution in [-0.4, -0.2) is 48.3 Å². The molecule has 0 radical (unpaired) electrons. The van der Waals surface area contributed by atoms with Crippen LogP contribution in [0.25, 0.3) is 0 Å². The van der Waals surface area contributed by atoms with Crippen molar-refractivity contribution in [3.8, 4) is 0 Å². The third-order valence-corrected chi connectivity index (χ3v) is 3.86. The van der Waals surface area contributed by atoms with Gasteiger partial charge in [-0.05, 0) is 38.1 Å². The van der Waals surface area contributed by atoms with Crippen molar-refractivity contribution >= 4 is 11.9 Å². The Morgan fingerprint density at radius 1 is 0.731 bits per heavy atom. The molecule has 0 aliphatic heterocycles. The molecule has 0 aromatic heterocycles. The lowest BCUT2D eigenvalue weighted by molar-refractivity contribution is -0.140. The van der Waals surface area contributed by atoms with Crippen LogP contribution >= 0.6 is 0 Å². The first-order chi connectivity index (χ1) is 12.5. The lowest BCUT2D eigenvalue weighted by atomic mass is 10.1. The van der Waals surface area contributed by atoms with Gasteiger partial charge in [0.25, 0.3) is 0 Å². The fraction of sp³-hybridized carbons (Fsp3) is 0.300. The highest BCUT2D eigenvalue weighted by Crippen LogP contribution is 2.03. The van der Waals surface area contributed by atoms with E-state index < -0.39 is 24.0 Å². The number of nitrogens with one attached hydrogen (secondary N) is 2. The highest BCUT2D eigenvalue weighted by Gasteiger charge is 2.15. The van der Waals surface area contributed by atoms with E-state index in [0.29, 0.717) is 12.8 Å². The van der Waals surface area contributed by atoms with E-state index in [1.807, 2.05) is 60.7 Å². The maximum Gasteiger partial charge on any atom is 0.321 e. The van der Waals surface area contributed by atoms with Gasteiger partial charge in [-0.3, -0.25) is 9.59 Å². The molecule has 6 nitrogen and oxygen atoms in total. The Labute approximate surface area is 153 Å². The molecule has 140 valence electrons. The molecule has 0 fully saturated rings. The van der Waals surface area contributed by atoms with Gasteiger partial charge in [-0.15, -0.1) is 0 Å². The van der Waals surface area contributed by atoms with Crippen molar-refractivity contribution in [3.63, 3.8) is 0 Å².